The minimum atomic E-state index is 0.473. The highest BCUT2D eigenvalue weighted by molar-refractivity contribution is 5.23. The maximum Gasteiger partial charge on any atom is 0.0789 e. The molecular weight excluding hydrogens is 148 g/mol. The van der Waals surface area contributed by atoms with Crippen molar-refractivity contribution in [3.8, 4) is 0 Å². The molecule has 2 aliphatic rings. The lowest BCUT2D eigenvalue weighted by Gasteiger charge is -2.27. The lowest BCUT2D eigenvalue weighted by molar-refractivity contribution is 0.0504. The highest BCUT2D eigenvalue weighted by Crippen LogP contribution is 2.38. The molecule has 0 unspecified atom stereocenters. The zero-order valence-corrected chi connectivity index (χ0v) is 8.26. The first-order chi connectivity index (χ1) is 5.68. The first kappa shape index (κ1) is 8.31. The standard InChI is InChI=1S/C11H18O/c1-7(2)10-6-9-4-5-11(12-9)8(10)3/h7,9,11H,4-6H2,1-3H3/t9-,11+/m0/s1. The van der Waals surface area contributed by atoms with Crippen LogP contribution in [0.3, 0.4) is 0 Å². The number of fused-ring (bicyclic) bond motifs is 2. The minimum Gasteiger partial charge on any atom is -0.370 e. The molecule has 2 rings (SSSR count). The van der Waals surface area contributed by atoms with Gasteiger partial charge in [0.2, 0.25) is 0 Å². The maximum atomic E-state index is 5.83. The van der Waals surface area contributed by atoms with Gasteiger partial charge in [0, 0.05) is 0 Å². The van der Waals surface area contributed by atoms with Gasteiger partial charge in [-0.2, -0.15) is 0 Å². The van der Waals surface area contributed by atoms with E-state index in [9.17, 15) is 0 Å². The Morgan fingerprint density at radius 3 is 2.75 bits per heavy atom. The van der Waals surface area contributed by atoms with E-state index >= 15 is 0 Å². The molecule has 12 heavy (non-hydrogen) atoms. The van der Waals surface area contributed by atoms with Gasteiger partial charge in [-0.3, -0.25) is 0 Å². The van der Waals surface area contributed by atoms with Gasteiger partial charge >= 0.3 is 0 Å². The summed E-state index contributed by atoms with van der Waals surface area (Å²) in [6, 6.07) is 0. The predicted octanol–water partition coefficient (Wildman–Crippen LogP) is 2.91. The van der Waals surface area contributed by atoms with Crippen molar-refractivity contribution < 1.29 is 4.74 Å². The summed E-state index contributed by atoms with van der Waals surface area (Å²) in [5, 5.41) is 0. The molecule has 0 saturated carbocycles. The summed E-state index contributed by atoms with van der Waals surface area (Å²) in [6.07, 6.45) is 4.75. The summed E-state index contributed by atoms with van der Waals surface area (Å²) in [7, 11) is 0. The zero-order chi connectivity index (χ0) is 8.72. The van der Waals surface area contributed by atoms with Gasteiger partial charge in [0.05, 0.1) is 12.2 Å². The van der Waals surface area contributed by atoms with Crippen molar-refractivity contribution in [1.29, 1.82) is 0 Å². The van der Waals surface area contributed by atoms with Crippen molar-refractivity contribution in [1.82, 2.24) is 0 Å². The first-order valence-electron chi connectivity index (χ1n) is 5.03. The Morgan fingerprint density at radius 2 is 2.08 bits per heavy atom. The lowest BCUT2D eigenvalue weighted by atomic mass is 9.91. The minimum absolute atomic E-state index is 0.473. The zero-order valence-electron chi connectivity index (χ0n) is 8.26. The van der Waals surface area contributed by atoms with Gasteiger partial charge < -0.3 is 4.74 Å². The van der Waals surface area contributed by atoms with Gasteiger partial charge in [0.25, 0.3) is 0 Å². The molecule has 0 N–H and O–H groups in total. The van der Waals surface area contributed by atoms with E-state index in [4.69, 9.17) is 4.74 Å². The normalized spacial score (nSPS) is 35.0. The fourth-order valence-corrected chi connectivity index (χ4v) is 2.48. The fraction of sp³-hybridized carbons (Fsp3) is 0.818. The SMILES string of the molecule is CC1=C(C(C)C)C[C@@H]2CC[C@H]1O2. The van der Waals surface area contributed by atoms with Crippen LogP contribution in [0.25, 0.3) is 0 Å². The van der Waals surface area contributed by atoms with Crippen LogP contribution in [0, 0.1) is 5.92 Å². The Hall–Kier alpha value is -0.300. The summed E-state index contributed by atoms with van der Waals surface area (Å²) < 4.78 is 5.83. The molecule has 2 bridgehead atoms. The van der Waals surface area contributed by atoms with Crippen molar-refractivity contribution in [2.24, 2.45) is 5.92 Å². The summed E-state index contributed by atoms with van der Waals surface area (Å²) in [4.78, 5) is 0. The van der Waals surface area contributed by atoms with Crippen molar-refractivity contribution >= 4 is 0 Å². The van der Waals surface area contributed by atoms with Crippen LogP contribution in [-0.2, 0) is 4.74 Å². The second kappa shape index (κ2) is 2.88. The van der Waals surface area contributed by atoms with Gasteiger partial charge in [0.15, 0.2) is 0 Å². The first-order valence-corrected chi connectivity index (χ1v) is 5.03. The average Bonchev–Trinajstić information content (AvgIpc) is 2.41. The lowest BCUT2D eigenvalue weighted by Crippen LogP contribution is -2.22. The molecule has 1 saturated heterocycles. The van der Waals surface area contributed by atoms with Crippen LogP contribution >= 0.6 is 0 Å². The molecule has 1 heteroatoms. The third kappa shape index (κ3) is 1.20. The van der Waals surface area contributed by atoms with E-state index in [2.05, 4.69) is 20.8 Å². The molecule has 0 amide bonds. The molecule has 2 atom stereocenters. The molecule has 0 spiro atoms. The highest BCUT2D eigenvalue weighted by Gasteiger charge is 2.33. The molecule has 0 aromatic heterocycles. The van der Waals surface area contributed by atoms with Crippen LogP contribution in [0.5, 0.6) is 0 Å². The average molecular weight is 166 g/mol. The van der Waals surface area contributed by atoms with Gasteiger partial charge in [-0.15, -0.1) is 0 Å². The summed E-state index contributed by atoms with van der Waals surface area (Å²) in [5.41, 5.74) is 3.19. The topological polar surface area (TPSA) is 9.23 Å². The van der Waals surface area contributed by atoms with Crippen LogP contribution < -0.4 is 0 Å². The molecule has 2 heterocycles. The number of ether oxygens (including phenoxy) is 1. The van der Waals surface area contributed by atoms with Gasteiger partial charge in [-0.1, -0.05) is 19.4 Å². The molecule has 0 aromatic carbocycles. The van der Waals surface area contributed by atoms with Crippen molar-refractivity contribution in [2.45, 2.75) is 52.2 Å². The predicted molar refractivity (Wildman–Crippen MR) is 50.1 cm³/mol. The van der Waals surface area contributed by atoms with Crippen molar-refractivity contribution in [3.05, 3.63) is 11.1 Å². The highest BCUT2D eigenvalue weighted by atomic mass is 16.5. The van der Waals surface area contributed by atoms with Gasteiger partial charge in [-0.25, -0.2) is 0 Å². The summed E-state index contributed by atoms with van der Waals surface area (Å²) in [6.45, 7) is 6.84. The molecule has 0 radical (unpaired) electrons. The van der Waals surface area contributed by atoms with Crippen LogP contribution in [0.15, 0.2) is 11.1 Å². The molecule has 1 nitrogen and oxygen atoms in total. The van der Waals surface area contributed by atoms with Crippen molar-refractivity contribution in [2.75, 3.05) is 0 Å². The van der Waals surface area contributed by atoms with E-state index in [0.717, 1.165) is 5.92 Å². The largest absolute Gasteiger partial charge is 0.370 e. The molecular formula is C11H18O. The molecule has 1 fully saturated rings. The van der Waals surface area contributed by atoms with E-state index in [-0.39, 0.29) is 0 Å². The molecule has 0 aliphatic carbocycles. The Kier molecular flexibility index (Phi) is 1.99. The van der Waals surface area contributed by atoms with E-state index in [1.165, 1.54) is 24.8 Å². The Bertz CT molecular complexity index is 215. The molecule has 68 valence electrons. The molecule has 0 aromatic rings. The van der Waals surface area contributed by atoms with E-state index < -0.39 is 0 Å². The smallest absolute Gasteiger partial charge is 0.0789 e. The molecule has 2 aliphatic heterocycles. The van der Waals surface area contributed by atoms with Crippen LogP contribution in [-0.4, -0.2) is 12.2 Å². The quantitative estimate of drug-likeness (QED) is 0.544. The van der Waals surface area contributed by atoms with Crippen LogP contribution in [0.1, 0.15) is 40.0 Å². The third-order valence-corrected chi connectivity index (χ3v) is 3.24. The monoisotopic (exact) mass is 166 g/mol. The van der Waals surface area contributed by atoms with E-state index in [0.29, 0.717) is 12.2 Å². The fourth-order valence-electron chi connectivity index (χ4n) is 2.48. The number of rotatable bonds is 1. The van der Waals surface area contributed by atoms with Gasteiger partial charge in [0.1, 0.15) is 0 Å². The van der Waals surface area contributed by atoms with Crippen LogP contribution in [0.2, 0.25) is 0 Å². The second-order valence-corrected chi connectivity index (χ2v) is 4.39. The van der Waals surface area contributed by atoms with E-state index in [1.54, 1.807) is 5.57 Å². The van der Waals surface area contributed by atoms with Crippen LogP contribution in [0.4, 0.5) is 0 Å². The Balaban J connectivity index is 2.26. The van der Waals surface area contributed by atoms with Crippen molar-refractivity contribution in [3.63, 3.8) is 0 Å². The van der Waals surface area contributed by atoms with Gasteiger partial charge in [-0.05, 0) is 37.7 Å². The summed E-state index contributed by atoms with van der Waals surface area (Å²) in [5.74, 6) is 0.719. The summed E-state index contributed by atoms with van der Waals surface area (Å²) >= 11 is 0. The third-order valence-electron chi connectivity index (χ3n) is 3.24. The van der Waals surface area contributed by atoms with E-state index in [1.807, 2.05) is 0 Å². The maximum absolute atomic E-state index is 5.83. The number of hydrogen-bond acceptors (Lipinski definition) is 1. The Morgan fingerprint density at radius 1 is 1.33 bits per heavy atom. The Labute approximate surface area is 74.8 Å². The number of hydrogen-bond donors (Lipinski definition) is 0. The second-order valence-electron chi connectivity index (χ2n) is 4.39.